The molecule has 0 radical (unpaired) electrons. The van der Waals surface area contributed by atoms with Crippen molar-refractivity contribution in [3.63, 3.8) is 0 Å². The number of thioether (sulfide) groups is 1. The van der Waals surface area contributed by atoms with Gasteiger partial charge < -0.3 is 10.2 Å². The second kappa shape index (κ2) is 4.18. The summed E-state index contributed by atoms with van der Waals surface area (Å²) in [7, 11) is 0. The van der Waals surface area contributed by atoms with E-state index in [0.29, 0.717) is 4.90 Å². The lowest BCUT2D eigenvalue weighted by molar-refractivity contribution is 0.0693. The smallest absolute Gasteiger partial charge is 0.336 e. The lowest BCUT2D eigenvalue weighted by atomic mass is 10.2. The average molecular weight is 198 g/mol. The molecule has 0 atom stereocenters. The fraction of sp³-hybridized carbons (Fsp3) is 0.222. The minimum Gasteiger partial charge on any atom is -0.508 e. The Bertz CT molecular complexity index is 323. The lowest BCUT2D eigenvalue weighted by Gasteiger charge is -2.03. The number of benzene rings is 1. The van der Waals surface area contributed by atoms with Crippen molar-refractivity contribution >= 4 is 17.7 Å². The minimum atomic E-state index is -0.962. The summed E-state index contributed by atoms with van der Waals surface area (Å²) in [6.07, 6.45) is 0. The second-order valence-corrected chi connectivity index (χ2v) is 3.72. The molecule has 3 nitrogen and oxygen atoms in total. The van der Waals surface area contributed by atoms with Crippen LogP contribution in [0.4, 0.5) is 0 Å². The molecule has 1 rings (SSSR count). The van der Waals surface area contributed by atoms with Crippen molar-refractivity contribution in [1.82, 2.24) is 0 Å². The zero-order valence-corrected chi connectivity index (χ0v) is 7.97. The highest BCUT2D eigenvalue weighted by Gasteiger charge is 2.09. The van der Waals surface area contributed by atoms with Crippen LogP contribution in [0.5, 0.6) is 5.75 Å². The molecule has 70 valence electrons. The van der Waals surface area contributed by atoms with Gasteiger partial charge in [-0.1, -0.05) is 6.92 Å². The third-order valence-electron chi connectivity index (χ3n) is 1.50. The molecule has 0 saturated heterocycles. The van der Waals surface area contributed by atoms with Crippen molar-refractivity contribution in [3.05, 3.63) is 23.8 Å². The monoisotopic (exact) mass is 198 g/mol. The van der Waals surface area contributed by atoms with Crippen molar-refractivity contribution in [2.45, 2.75) is 11.8 Å². The Kier molecular flexibility index (Phi) is 3.19. The van der Waals surface area contributed by atoms with Gasteiger partial charge >= 0.3 is 5.97 Å². The van der Waals surface area contributed by atoms with Crippen LogP contribution in [0.15, 0.2) is 23.1 Å². The quantitative estimate of drug-likeness (QED) is 0.731. The van der Waals surface area contributed by atoms with Crippen LogP contribution < -0.4 is 0 Å². The van der Waals surface area contributed by atoms with E-state index >= 15 is 0 Å². The maximum absolute atomic E-state index is 10.7. The zero-order valence-electron chi connectivity index (χ0n) is 7.15. The second-order valence-electron chi connectivity index (χ2n) is 2.42. The molecule has 0 heterocycles. The van der Waals surface area contributed by atoms with Gasteiger partial charge in [-0.15, -0.1) is 11.8 Å². The summed E-state index contributed by atoms with van der Waals surface area (Å²) in [5.41, 5.74) is 0.240. The SMILES string of the molecule is CCSc1cc(O)ccc1C(=O)O. The predicted octanol–water partition coefficient (Wildman–Crippen LogP) is 2.20. The largest absolute Gasteiger partial charge is 0.508 e. The Morgan fingerprint density at radius 3 is 2.77 bits per heavy atom. The van der Waals surface area contributed by atoms with Crippen LogP contribution in [0.2, 0.25) is 0 Å². The predicted molar refractivity (Wildman–Crippen MR) is 51.5 cm³/mol. The highest BCUT2D eigenvalue weighted by atomic mass is 32.2. The molecule has 0 bridgehead atoms. The summed E-state index contributed by atoms with van der Waals surface area (Å²) in [5.74, 6) is -0.0825. The normalized spacial score (nSPS) is 9.92. The number of rotatable bonds is 3. The summed E-state index contributed by atoms with van der Waals surface area (Å²) in [6.45, 7) is 1.93. The van der Waals surface area contributed by atoms with Gasteiger partial charge in [0, 0.05) is 4.90 Å². The van der Waals surface area contributed by atoms with Crippen molar-refractivity contribution in [2.24, 2.45) is 0 Å². The molecule has 0 spiro atoms. The van der Waals surface area contributed by atoms with Crippen molar-refractivity contribution in [3.8, 4) is 5.75 Å². The van der Waals surface area contributed by atoms with Crippen LogP contribution in [0.25, 0.3) is 0 Å². The zero-order chi connectivity index (χ0) is 9.84. The van der Waals surface area contributed by atoms with Crippen LogP contribution >= 0.6 is 11.8 Å². The van der Waals surface area contributed by atoms with E-state index in [9.17, 15) is 4.79 Å². The Balaban J connectivity index is 3.10. The van der Waals surface area contributed by atoms with E-state index < -0.39 is 5.97 Å². The molecule has 0 aromatic heterocycles. The van der Waals surface area contributed by atoms with Gasteiger partial charge in [0.2, 0.25) is 0 Å². The van der Waals surface area contributed by atoms with Crippen LogP contribution in [-0.2, 0) is 0 Å². The summed E-state index contributed by atoms with van der Waals surface area (Å²) in [6, 6.07) is 4.26. The standard InChI is InChI=1S/C9H10O3S/c1-2-13-8-5-6(10)3-4-7(8)9(11)12/h3-5,10H,2H2,1H3,(H,11,12). The number of carboxylic acids is 1. The molecule has 0 amide bonds. The molecule has 1 aromatic carbocycles. The van der Waals surface area contributed by atoms with Gasteiger partial charge in [0.25, 0.3) is 0 Å². The number of carbonyl (C=O) groups is 1. The summed E-state index contributed by atoms with van der Waals surface area (Å²) in [5, 5.41) is 17.9. The first-order valence-electron chi connectivity index (χ1n) is 3.84. The molecule has 2 N–H and O–H groups in total. The third kappa shape index (κ3) is 2.39. The fourth-order valence-electron chi connectivity index (χ4n) is 0.963. The number of carboxylic acid groups (broad SMARTS) is 1. The lowest BCUT2D eigenvalue weighted by Crippen LogP contribution is -1.98. The Hall–Kier alpha value is -1.16. The molecule has 4 heteroatoms. The van der Waals surface area contributed by atoms with E-state index in [4.69, 9.17) is 10.2 Å². The molecule has 1 aromatic rings. The van der Waals surface area contributed by atoms with Gasteiger partial charge in [0.1, 0.15) is 5.75 Å². The Morgan fingerprint density at radius 1 is 1.54 bits per heavy atom. The topological polar surface area (TPSA) is 57.5 Å². The maximum Gasteiger partial charge on any atom is 0.336 e. The molecule has 0 aliphatic rings. The first-order valence-corrected chi connectivity index (χ1v) is 4.82. The Labute approximate surface area is 80.4 Å². The molecule has 0 unspecified atom stereocenters. The number of aromatic carboxylic acids is 1. The summed E-state index contributed by atoms with van der Waals surface area (Å²) >= 11 is 1.40. The molecule has 0 saturated carbocycles. The average Bonchev–Trinajstić information content (AvgIpc) is 2.04. The van der Waals surface area contributed by atoms with Crippen LogP contribution in [0.1, 0.15) is 17.3 Å². The van der Waals surface area contributed by atoms with Gasteiger partial charge in [0.15, 0.2) is 0 Å². The highest BCUT2D eigenvalue weighted by Crippen LogP contribution is 2.26. The fourth-order valence-corrected chi connectivity index (χ4v) is 1.79. The first kappa shape index (κ1) is 9.92. The number of hydrogen-bond donors (Lipinski definition) is 2. The summed E-state index contributed by atoms with van der Waals surface area (Å²) in [4.78, 5) is 11.3. The molecule has 13 heavy (non-hydrogen) atoms. The van der Waals surface area contributed by atoms with Gasteiger partial charge in [-0.2, -0.15) is 0 Å². The van der Waals surface area contributed by atoms with Crippen molar-refractivity contribution in [1.29, 1.82) is 0 Å². The van der Waals surface area contributed by atoms with Crippen LogP contribution in [0, 0.1) is 0 Å². The minimum absolute atomic E-state index is 0.0981. The van der Waals surface area contributed by atoms with Gasteiger partial charge in [-0.05, 0) is 24.0 Å². The van der Waals surface area contributed by atoms with Crippen molar-refractivity contribution < 1.29 is 15.0 Å². The van der Waals surface area contributed by atoms with Gasteiger partial charge in [-0.25, -0.2) is 4.79 Å². The Morgan fingerprint density at radius 2 is 2.23 bits per heavy atom. The van der Waals surface area contributed by atoms with E-state index in [1.54, 1.807) is 0 Å². The summed E-state index contributed by atoms with van der Waals surface area (Å²) < 4.78 is 0. The van der Waals surface area contributed by atoms with Crippen LogP contribution in [-0.4, -0.2) is 21.9 Å². The van der Waals surface area contributed by atoms with E-state index in [2.05, 4.69) is 0 Å². The third-order valence-corrected chi connectivity index (χ3v) is 2.43. The number of aromatic hydroxyl groups is 1. The highest BCUT2D eigenvalue weighted by molar-refractivity contribution is 7.99. The van der Waals surface area contributed by atoms with Gasteiger partial charge in [0.05, 0.1) is 5.56 Å². The maximum atomic E-state index is 10.7. The molecular formula is C9H10O3S. The number of phenols is 1. The first-order chi connectivity index (χ1) is 6.15. The molecule has 0 aliphatic heterocycles. The van der Waals surface area contributed by atoms with E-state index in [0.717, 1.165) is 5.75 Å². The van der Waals surface area contributed by atoms with Gasteiger partial charge in [-0.3, -0.25) is 0 Å². The van der Waals surface area contributed by atoms with E-state index in [-0.39, 0.29) is 11.3 Å². The van der Waals surface area contributed by atoms with E-state index in [1.807, 2.05) is 6.92 Å². The molecular weight excluding hydrogens is 188 g/mol. The van der Waals surface area contributed by atoms with Crippen molar-refractivity contribution in [2.75, 3.05) is 5.75 Å². The number of phenolic OH excluding ortho intramolecular Hbond substituents is 1. The van der Waals surface area contributed by atoms with E-state index in [1.165, 1.54) is 30.0 Å². The molecule has 0 fully saturated rings. The number of hydrogen-bond acceptors (Lipinski definition) is 3. The molecule has 0 aliphatic carbocycles. The van der Waals surface area contributed by atoms with Crippen LogP contribution in [0.3, 0.4) is 0 Å².